The molecular weight excluding hydrogens is 469 g/mol. The number of rotatable bonds is 6. The standard InChI is InChI=1S/C24H50O6Si3/c1-22(2,3)31(10,11)28-18-16-17(26-20(18)25)19(29-32(12,13)23(4,5)6)21(27-16)30-33(14,15)24(7,8)9/h16-19,21H,1-15H3/t16-,17-,18-,19-,21+/m0/s1. The minimum atomic E-state index is -2.21. The van der Waals surface area contributed by atoms with Gasteiger partial charge in [-0.05, 0) is 54.4 Å². The molecule has 194 valence electrons. The molecule has 2 heterocycles. The number of esters is 1. The van der Waals surface area contributed by atoms with Crippen molar-refractivity contribution in [3.05, 3.63) is 0 Å². The van der Waals surface area contributed by atoms with Gasteiger partial charge in [0.05, 0.1) is 0 Å². The van der Waals surface area contributed by atoms with Gasteiger partial charge in [-0.15, -0.1) is 0 Å². The van der Waals surface area contributed by atoms with E-state index >= 15 is 0 Å². The Morgan fingerprint density at radius 1 is 0.636 bits per heavy atom. The highest BCUT2D eigenvalue weighted by molar-refractivity contribution is 6.75. The first-order valence-electron chi connectivity index (χ1n) is 12.3. The van der Waals surface area contributed by atoms with Gasteiger partial charge in [-0.2, -0.15) is 0 Å². The van der Waals surface area contributed by atoms with Crippen LogP contribution in [0.3, 0.4) is 0 Å². The van der Waals surface area contributed by atoms with Crippen molar-refractivity contribution in [2.45, 2.75) is 147 Å². The van der Waals surface area contributed by atoms with Crippen LogP contribution in [0.2, 0.25) is 54.4 Å². The Kier molecular flexibility index (Phi) is 7.80. The van der Waals surface area contributed by atoms with Gasteiger partial charge in [-0.1, -0.05) is 62.3 Å². The Morgan fingerprint density at radius 3 is 1.45 bits per heavy atom. The highest BCUT2D eigenvalue weighted by Gasteiger charge is 2.62. The first kappa shape index (κ1) is 29.2. The molecule has 2 saturated heterocycles. The van der Waals surface area contributed by atoms with Crippen molar-refractivity contribution in [1.29, 1.82) is 0 Å². The van der Waals surface area contributed by atoms with E-state index in [2.05, 4.69) is 102 Å². The Balaban J connectivity index is 2.40. The Labute approximate surface area is 205 Å². The molecule has 5 atom stereocenters. The molecule has 0 aromatic carbocycles. The third-order valence-corrected chi connectivity index (χ3v) is 22.0. The van der Waals surface area contributed by atoms with Gasteiger partial charge in [0, 0.05) is 0 Å². The van der Waals surface area contributed by atoms with Crippen LogP contribution in [0.5, 0.6) is 0 Å². The first-order valence-corrected chi connectivity index (χ1v) is 21.0. The molecule has 0 radical (unpaired) electrons. The zero-order valence-corrected chi connectivity index (χ0v) is 26.8. The molecule has 0 aliphatic carbocycles. The van der Waals surface area contributed by atoms with E-state index in [1.165, 1.54) is 0 Å². The van der Waals surface area contributed by atoms with E-state index in [1.807, 2.05) is 0 Å². The van der Waals surface area contributed by atoms with E-state index in [4.69, 9.17) is 22.8 Å². The average molecular weight is 519 g/mol. The minimum absolute atomic E-state index is 0.00621. The number of fused-ring (bicyclic) bond motifs is 1. The summed E-state index contributed by atoms with van der Waals surface area (Å²) in [6.45, 7) is 32.9. The van der Waals surface area contributed by atoms with Crippen molar-refractivity contribution in [2.24, 2.45) is 0 Å². The summed E-state index contributed by atoms with van der Waals surface area (Å²) in [5.41, 5.74) is 0. The summed E-state index contributed by atoms with van der Waals surface area (Å²) >= 11 is 0. The quantitative estimate of drug-likeness (QED) is 0.298. The van der Waals surface area contributed by atoms with Crippen molar-refractivity contribution in [2.75, 3.05) is 0 Å². The summed E-state index contributed by atoms with van der Waals surface area (Å²) in [4.78, 5) is 13.0. The van der Waals surface area contributed by atoms with Crippen LogP contribution in [-0.2, 0) is 27.5 Å². The molecule has 33 heavy (non-hydrogen) atoms. The zero-order chi connectivity index (χ0) is 26.0. The van der Waals surface area contributed by atoms with E-state index in [9.17, 15) is 4.79 Å². The van der Waals surface area contributed by atoms with Crippen molar-refractivity contribution < 1.29 is 27.5 Å². The largest absolute Gasteiger partial charge is 0.455 e. The first-order chi connectivity index (χ1) is 14.4. The topological polar surface area (TPSA) is 63.2 Å². The molecule has 9 heteroatoms. The maximum absolute atomic E-state index is 13.0. The summed E-state index contributed by atoms with van der Waals surface area (Å²) in [5.74, 6) is -0.343. The summed E-state index contributed by atoms with van der Waals surface area (Å²) in [6, 6.07) is 0. The van der Waals surface area contributed by atoms with Crippen molar-refractivity contribution in [3.8, 4) is 0 Å². The lowest BCUT2D eigenvalue weighted by molar-refractivity contribution is -0.162. The summed E-state index contributed by atoms with van der Waals surface area (Å²) in [6.07, 6.45) is -2.81. The van der Waals surface area contributed by atoms with Gasteiger partial charge >= 0.3 is 5.97 Å². The maximum atomic E-state index is 13.0. The summed E-state index contributed by atoms with van der Waals surface area (Å²) in [5, 5.41) is -0.00633. The van der Waals surface area contributed by atoms with Crippen LogP contribution in [0, 0.1) is 0 Å². The Hall–Kier alpha value is -0.0394. The molecule has 2 rings (SSSR count). The van der Waals surface area contributed by atoms with E-state index in [-0.39, 0.29) is 21.1 Å². The molecule has 0 N–H and O–H groups in total. The van der Waals surface area contributed by atoms with Gasteiger partial charge in [0.15, 0.2) is 43.5 Å². The van der Waals surface area contributed by atoms with Crippen LogP contribution in [0.4, 0.5) is 0 Å². The van der Waals surface area contributed by atoms with Crippen LogP contribution in [0.15, 0.2) is 0 Å². The molecule has 0 amide bonds. The molecular formula is C24H50O6Si3. The van der Waals surface area contributed by atoms with Crippen molar-refractivity contribution >= 4 is 30.9 Å². The Bertz CT molecular complexity index is 730. The highest BCUT2D eigenvalue weighted by atomic mass is 28.4. The number of carbonyl (C=O) groups excluding carboxylic acids is 1. The predicted octanol–water partition coefficient (Wildman–Crippen LogP) is 6.44. The van der Waals surface area contributed by atoms with Crippen LogP contribution >= 0.6 is 0 Å². The Morgan fingerprint density at radius 2 is 1.03 bits per heavy atom. The summed E-state index contributed by atoms with van der Waals surface area (Å²) in [7, 11) is -6.55. The monoisotopic (exact) mass is 518 g/mol. The van der Waals surface area contributed by atoms with Crippen LogP contribution in [0.1, 0.15) is 62.3 Å². The predicted molar refractivity (Wildman–Crippen MR) is 141 cm³/mol. The third-order valence-electron chi connectivity index (χ3n) is 8.67. The van der Waals surface area contributed by atoms with Gasteiger partial charge < -0.3 is 22.8 Å². The number of ether oxygens (including phenoxy) is 2. The van der Waals surface area contributed by atoms with E-state index < -0.39 is 55.7 Å². The smallest absolute Gasteiger partial charge is 0.337 e. The molecule has 0 aromatic rings. The van der Waals surface area contributed by atoms with E-state index in [0.29, 0.717) is 0 Å². The van der Waals surface area contributed by atoms with Crippen molar-refractivity contribution in [1.82, 2.24) is 0 Å². The van der Waals surface area contributed by atoms with Gasteiger partial charge in [0.25, 0.3) is 0 Å². The lowest BCUT2D eigenvalue weighted by Gasteiger charge is -2.43. The molecule has 2 aliphatic heterocycles. The van der Waals surface area contributed by atoms with E-state index in [0.717, 1.165) is 0 Å². The highest BCUT2D eigenvalue weighted by Crippen LogP contribution is 2.47. The number of hydrogen-bond acceptors (Lipinski definition) is 6. The molecule has 0 spiro atoms. The molecule has 0 bridgehead atoms. The van der Waals surface area contributed by atoms with Crippen molar-refractivity contribution in [3.63, 3.8) is 0 Å². The number of hydrogen-bond donors (Lipinski definition) is 0. The van der Waals surface area contributed by atoms with Gasteiger partial charge in [0.1, 0.15) is 12.2 Å². The summed E-state index contributed by atoms with van der Waals surface area (Å²) < 4.78 is 32.5. The lowest BCUT2D eigenvalue weighted by Crippen LogP contribution is -2.53. The fourth-order valence-corrected chi connectivity index (χ4v) is 6.80. The maximum Gasteiger partial charge on any atom is 0.337 e. The lowest BCUT2D eigenvalue weighted by atomic mass is 10.1. The molecule has 2 aliphatic rings. The fraction of sp³-hybridized carbons (Fsp3) is 0.958. The zero-order valence-electron chi connectivity index (χ0n) is 23.8. The van der Waals surface area contributed by atoms with Crippen LogP contribution < -0.4 is 0 Å². The number of carbonyl (C=O) groups is 1. The van der Waals surface area contributed by atoms with Crippen LogP contribution in [-0.4, -0.2) is 61.6 Å². The molecule has 0 unspecified atom stereocenters. The normalized spacial score (nSPS) is 29.9. The average Bonchev–Trinajstić information content (AvgIpc) is 3.01. The van der Waals surface area contributed by atoms with Gasteiger partial charge in [-0.3, -0.25) is 0 Å². The van der Waals surface area contributed by atoms with Crippen LogP contribution in [0.25, 0.3) is 0 Å². The molecule has 0 saturated carbocycles. The fourth-order valence-electron chi connectivity index (χ4n) is 3.18. The minimum Gasteiger partial charge on any atom is -0.455 e. The van der Waals surface area contributed by atoms with Gasteiger partial charge in [-0.25, -0.2) is 4.79 Å². The SMILES string of the molecule is CC(C)(C)[Si](C)(C)O[C@H]1O[C@H]2[C@H](OC(=O)[C@H]2O[Si](C)(C)C(C)(C)C)[C@@H]1O[Si](C)(C)C(C)(C)C. The second-order valence-electron chi connectivity index (χ2n) is 14.4. The van der Waals surface area contributed by atoms with Gasteiger partial charge in [0.2, 0.25) is 0 Å². The third kappa shape index (κ3) is 5.86. The molecule has 2 fully saturated rings. The molecule has 6 nitrogen and oxygen atoms in total. The molecule has 0 aromatic heterocycles. The second-order valence-corrected chi connectivity index (χ2v) is 28.7. The van der Waals surface area contributed by atoms with E-state index in [1.54, 1.807) is 0 Å². The second kappa shape index (κ2) is 8.81.